The zero-order valence-electron chi connectivity index (χ0n) is 16.6. The minimum Gasteiger partial charge on any atom is -0.493 e. The van der Waals surface area contributed by atoms with E-state index in [2.05, 4.69) is 20.7 Å². The predicted octanol–water partition coefficient (Wildman–Crippen LogP) is 2.20. The van der Waals surface area contributed by atoms with Crippen molar-refractivity contribution in [3.63, 3.8) is 0 Å². The van der Waals surface area contributed by atoms with E-state index in [1.165, 1.54) is 0 Å². The largest absolute Gasteiger partial charge is 0.493 e. The Kier molecular flexibility index (Phi) is 11.3. The van der Waals surface area contributed by atoms with E-state index in [1.54, 1.807) is 32.5 Å². The second kappa shape index (κ2) is 13.2. The van der Waals surface area contributed by atoms with Crippen molar-refractivity contribution >= 4 is 29.9 Å². The van der Waals surface area contributed by atoms with Crippen LogP contribution in [0.5, 0.6) is 11.5 Å². The van der Waals surface area contributed by atoms with E-state index in [4.69, 9.17) is 9.47 Å². The lowest BCUT2D eigenvalue weighted by Gasteiger charge is -2.15. The SMILES string of the molecule is CCNC(=NCC(O)c1ccc(OC)c(OC)c1)NCCCn1cccn1.I. The summed E-state index contributed by atoms with van der Waals surface area (Å²) >= 11 is 0. The Balaban J connectivity index is 0.00000392. The molecule has 1 unspecified atom stereocenters. The molecule has 0 radical (unpaired) electrons. The Morgan fingerprint density at radius 1 is 1.25 bits per heavy atom. The first-order chi connectivity index (χ1) is 13.2. The Morgan fingerprint density at radius 3 is 2.68 bits per heavy atom. The van der Waals surface area contributed by atoms with Gasteiger partial charge in [-0.2, -0.15) is 5.10 Å². The van der Waals surface area contributed by atoms with Crippen LogP contribution < -0.4 is 20.1 Å². The molecule has 9 heteroatoms. The van der Waals surface area contributed by atoms with Gasteiger partial charge in [-0.3, -0.25) is 9.67 Å². The average Bonchev–Trinajstić information content (AvgIpc) is 3.21. The fraction of sp³-hybridized carbons (Fsp3) is 0.474. The summed E-state index contributed by atoms with van der Waals surface area (Å²) in [6.45, 7) is 4.60. The summed E-state index contributed by atoms with van der Waals surface area (Å²) in [4.78, 5) is 4.47. The molecular weight excluding hydrogens is 473 g/mol. The van der Waals surface area contributed by atoms with Crippen LogP contribution in [0.4, 0.5) is 0 Å². The van der Waals surface area contributed by atoms with Crippen molar-refractivity contribution in [1.82, 2.24) is 20.4 Å². The number of hydrogen-bond donors (Lipinski definition) is 3. The number of aliphatic imine (C=N–C) groups is 1. The number of aliphatic hydroxyl groups is 1. The summed E-state index contributed by atoms with van der Waals surface area (Å²) in [6.07, 6.45) is 3.90. The van der Waals surface area contributed by atoms with E-state index >= 15 is 0 Å². The summed E-state index contributed by atoms with van der Waals surface area (Å²) in [5.41, 5.74) is 0.728. The minimum absolute atomic E-state index is 0. The summed E-state index contributed by atoms with van der Waals surface area (Å²) in [6, 6.07) is 7.27. The summed E-state index contributed by atoms with van der Waals surface area (Å²) < 4.78 is 12.4. The molecule has 1 atom stereocenters. The monoisotopic (exact) mass is 503 g/mol. The number of rotatable bonds is 10. The Bertz CT molecular complexity index is 710. The van der Waals surface area contributed by atoms with Crippen molar-refractivity contribution in [2.45, 2.75) is 26.0 Å². The second-order valence-corrected chi connectivity index (χ2v) is 5.90. The van der Waals surface area contributed by atoms with Gasteiger partial charge in [0.2, 0.25) is 0 Å². The quantitative estimate of drug-likeness (QED) is 0.199. The van der Waals surface area contributed by atoms with Crippen molar-refractivity contribution in [3.8, 4) is 11.5 Å². The number of nitrogens with one attached hydrogen (secondary N) is 2. The van der Waals surface area contributed by atoms with Gasteiger partial charge in [0.15, 0.2) is 17.5 Å². The Labute approximate surface area is 183 Å². The van der Waals surface area contributed by atoms with Crippen molar-refractivity contribution in [2.24, 2.45) is 4.99 Å². The highest BCUT2D eigenvalue weighted by molar-refractivity contribution is 14.0. The topological polar surface area (TPSA) is 92.9 Å². The van der Waals surface area contributed by atoms with Crippen molar-refractivity contribution in [2.75, 3.05) is 33.9 Å². The first-order valence-electron chi connectivity index (χ1n) is 9.07. The molecule has 1 heterocycles. The third kappa shape index (κ3) is 7.55. The first kappa shape index (κ1) is 24.0. The van der Waals surface area contributed by atoms with Gasteiger partial charge in [-0.25, -0.2) is 0 Å². The zero-order chi connectivity index (χ0) is 19.5. The van der Waals surface area contributed by atoms with Crippen LogP contribution in [-0.2, 0) is 6.54 Å². The molecule has 0 saturated carbocycles. The predicted molar refractivity (Wildman–Crippen MR) is 121 cm³/mol. The highest BCUT2D eigenvalue weighted by Crippen LogP contribution is 2.29. The van der Waals surface area contributed by atoms with Gasteiger partial charge < -0.3 is 25.2 Å². The highest BCUT2D eigenvalue weighted by atomic mass is 127. The van der Waals surface area contributed by atoms with Gasteiger partial charge in [-0.1, -0.05) is 6.07 Å². The number of methoxy groups -OCH3 is 2. The highest BCUT2D eigenvalue weighted by Gasteiger charge is 2.12. The fourth-order valence-electron chi connectivity index (χ4n) is 2.57. The molecule has 1 aromatic heterocycles. The molecule has 0 saturated heterocycles. The van der Waals surface area contributed by atoms with E-state index in [-0.39, 0.29) is 30.5 Å². The number of nitrogens with zero attached hydrogens (tertiary/aromatic N) is 3. The Morgan fingerprint density at radius 2 is 2.04 bits per heavy atom. The second-order valence-electron chi connectivity index (χ2n) is 5.90. The molecule has 0 amide bonds. The van der Waals surface area contributed by atoms with Crippen molar-refractivity contribution in [1.29, 1.82) is 0 Å². The number of ether oxygens (including phenoxy) is 2. The maximum atomic E-state index is 10.4. The van der Waals surface area contributed by atoms with Crippen LogP contribution in [0.1, 0.15) is 25.0 Å². The lowest BCUT2D eigenvalue weighted by Crippen LogP contribution is -2.38. The van der Waals surface area contributed by atoms with E-state index in [0.717, 1.165) is 31.6 Å². The van der Waals surface area contributed by atoms with Gasteiger partial charge in [0.05, 0.1) is 26.9 Å². The van der Waals surface area contributed by atoms with Crippen LogP contribution in [0.25, 0.3) is 0 Å². The molecule has 0 aliphatic heterocycles. The van der Waals surface area contributed by atoms with E-state index in [9.17, 15) is 5.11 Å². The van der Waals surface area contributed by atoms with Crippen LogP contribution in [0.15, 0.2) is 41.7 Å². The lowest BCUT2D eigenvalue weighted by molar-refractivity contribution is 0.186. The molecule has 0 spiro atoms. The molecule has 2 rings (SSSR count). The molecule has 0 aliphatic carbocycles. The van der Waals surface area contributed by atoms with Crippen LogP contribution in [-0.4, -0.2) is 54.7 Å². The van der Waals surface area contributed by atoms with Crippen LogP contribution >= 0.6 is 24.0 Å². The Hall–Kier alpha value is -2.01. The van der Waals surface area contributed by atoms with Gasteiger partial charge in [-0.05, 0) is 37.1 Å². The van der Waals surface area contributed by atoms with Gasteiger partial charge in [0.25, 0.3) is 0 Å². The molecule has 1 aromatic carbocycles. The minimum atomic E-state index is -0.732. The molecule has 0 fully saturated rings. The van der Waals surface area contributed by atoms with Gasteiger partial charge >= 0.3 is 0 Å². The molecule has 8 nitrogen and oxygen atoms in total. The van der Waals surface area contributed by atoms with Gasteiger partial charge in [0.1, 0.15) is 0 Å². The van der Waals surface area contributed by atoms with E-state index in [1.807, 2.05) is 29.9 Å². The number of hydrogen-bond acceptors (Lipinski definition) is 5. The van der Waals surface area contributed by atoms with Gasteiger partial charge in [-0.15, -0.1) is 24.0 Å². The number of benzene rings is 1. The number of guanidine groups is 1. The van der Waals surface area contributed by atoms with Crippen molar-refractivity contribution < 1.29 is 14.6 Å². The zero-order valence-corrected chi connectivity index (χ0v) is 18.9. The number of aryl methyl sites for hydroxylation is 1. The number of aromatic nitrogens is 2. The number of aliphatic hydroxyl groups excluding tert-OH is 1. The van der Waals surface area contributed by atoms with Crippen LogP contribution in [0.2, 0.25) is 0 Å². The third-order valence-electron chi connectivity index (χ3n) is 3.97. The normalized spacial score (nSPS) is 12.1. The molecule has 28 heavy (non-hydrogen) atoms. The smallest absolute Gasteiger partial charge is 0.191 e. The molecule has 156 valence electrons. The van der Waals surface area contributed by atoms with Crippen LogP contribution in [0, 0.1) is 0 Å². The molecule has 0 bridgehead atoms. The van der Waals surface area contributed by atoms with Gasteiger partial charge in [0, 0.05) is 32.0 Å². The molecule has 0 aliphatic rings. The molecule has 2 aromatic rings. The average molecular weight is 503 g/mol. The first-order valence-corrected chi connectivity index (χ1v) is 9.07. The lowest BCUT2D eigenvalue weighted by atomic mass is 10.1. The maximum absolute atomic E-state index is 10.4. The maximum Gasteiger partial charge on any atom is 0.191 e. The molecular formula is C19H30IN5O3. The number of halogens is 1. The van der Waals surface area contributed by atoms with Crippen LogP contribution in [0.3, 0.4) is 0 Å². The summed E-state index contributed by atoms with van der Waals surface area (Å²) in [5, 5.41) is 21.1. The fourth-order valence-corrected chi connectivity index (χ4v) is 2.57. The van der Waals surface area contributed by atoms with Crippen molar-refractivity contribution in [3.05, 3.63) is 42.2 Å². The summed E-state index contributed by atoms with van der Waals surface area (Å²) in [7, 11) is 3.15. The van der Waals surface area contributed by atoms with E-state index in [0.29, 0.717) is 17.5 Å². The van der Waals surface area contributed by atoms with E-state index < -0.39 is 6.10 Å². The summed E-state index contributed by atoms with van der Waals surface area (Å²) in [5.74, 6) is 1.89. The molecule has 3 N–H and O–H groups in total. The standard InChI is InChI=1S/C19H29N5O3.HI/c1-4-20-19(21-9-5-11-24-12-6-10-23-24)22-14-16(25)15-7-8-17(26-2)18(13-15)27-3;/h6-8,10,12-13,16,25H,4-5,9,11,14H2,1-3H3,(H2,20,21,22);1H. The third-order valence-corrected chi connectivity index (χ3v) is 3.97.